The minimum absolute atomic E-state index is 0.342. The largest absolute Gasteiger partial charge is 0.396 e. The first-order valence-corrected chi connectivity index (χ1v) is 5.28. The number of aliphatic hydroxyl groups excluding tert-OH is 1. The van der Waals surface area contributed by atoms with Gasteiger partial charge in [0.1, 0.15) is 0 Å². The highest BCUT2D eigenvalue weighted by atomic mass is 16.2. The minimum Gasteiger partial charge on any atom is -0.396 e. The Morgan fingerprint density at radius 3 is 2.23 bits per heavy atom. The van der Waals surface area contributed by atoms with Crippen molar-refractivity contribution in [1.29, 1.82) is 0 Å². The number of unbranched alkanes of at least 4 members (excludes halogenated alkanes) is 5. The van der Waals surface area contributed by atoms with Crippen molar-refractivity contribution in [3.63, 3.8) is 0 Å². The average Bonchev–Trinajstić information content (AvgIpc) is 2.16. The standard InChI is InChI=1S/C12H22O/c1-2-3-4-5-6-7-8-9-10-11-12-13/h2,5-6,13H,1,3-4,7-12H2. The van der Waals surface area contributed by atoms with Crippen molar-refractivity contribution in [2.24, 2.45) is 0 Å². The van der Waals surface area contributed by atoms with Crippen LogP contribution in [0.4, 0.5) is 0 Å². The summed E-state index contributed by atoms with van der Waals surface area (Å²) in [6.07, 6.45) is 14.4. The Hall–Kier alpha value is -0.560. The molecule has 0 aliphatic carbocycles. The van der Waals surface area contributed by atoms with Gasteiger partial charge in [0.2, 0.25) is 0 Å². The molecule has 0 aliphatic rings. The van der Waals surface area contributed by atoms with E-state index in [1.807, 2.05) is 6.08 Å². The van der Waals surface area contributed by atoms with Crippen LogP contribution in [0.15, 0.2) is 24.8 Å². The highest BCUT2D eigenvalue weighted by molar-refractivity contribution is 4.84. The summed E-state index contributed by atoms with van der Waals surface area (Å²) in [5.41, 5.74) is 0. The monoisotopic (exact) mass is 182 g/mol. The van der Waals surface area contributed by atoms with Crippen molar-refractivity contribution < 1.29 is 5.11 Å². The number of allylic oxidation sites excluding steroid dienone is 3. The molecule has 1 N–H and O–H groups in total. The molecule has 0 rings (SSSR count). The maximum Gasteiger partial charge on any atom is 0.0431 e. The second-order valence-corrected chi connectivity index (χ2v) is 3.26. The molecule has 0 saturated carbocycles. The summed E-state index contributed by atoms with van der Waals surface area (Å²) in [5, 5.41) is 8.54. The SMILES string of the molecule is C=CCCC=CCCCCCCO. The average molecular weight is 182 g/mol. The lowest BCUT2D eigenvalue weighted by Crippen LogP contribution is -1.82. The van der Waals surface area contributed by atoms with Crippen LogP contribution in [-0.2, 0) is 0 Å². The maximum atomic E-state index is 8.54. The van der Waals surface area contributed by atoms with Gasteiger partial charge in [-0.15, -0.1) is 6.58 Å². The second-order valence-electron chi connectivity index (χ2n) is 3.26. The molecular formula is C12H22O. The predicted octanol–water partition coefficient (Wildman–Crippen LogP) is 3.45. The lowest BCUT2D eigenvalue weighted by molar-refractivity contribution is 0.282. The first kappa shape index (κ1) is 12.4. The van der Waals surface area contributed by atoms with E-state index in [1.54, 1.807) is 0 Å². The number of hydrogen-bond acceptors (Lipinski definition) is 1. The van der Waals surface area contributed by atoms with Gasteiger partial charge in [-0.05, 0) is 32.1 Å². The van der Waals surface area contributed by atoms with Crippen LogP contribution >= 0.6 is 0 Å². The molecule has 0 amide bonds. The topological polar surface area (TPSA) is 20.2 Å². The van der Waals surface area contributed by atoms with Crippen molar-refractivity contribution in [1.82, 2.24) is 0 Å². The fourth-order valence-electron chi connectivity index (χ4n) is 1.18. The van der Waals surface area contributed by atoms with Gasteiger partial charge in [0.05, 0.1) is 0 Å². The fraction of sp³-hybridized carbons (Fsp3) is 0.667. The lowest BCUT2D eigenvalue weighted by atomic mass is 10.1. The van der Waals surface area contributed by atoms with Gasteiger partial charge in [0.25, 0.3) is 0 Å². The molecule has 0 fully saturated rings. The van der Waals surface area contributed by atoms with Crippen molar-refractivity contribution in [2.45, 2.75) is 44.9 Å². The van der Waals surface area contributed by atoms with Gasteiger partial charge < -0.3 is 5.11 Å². The Labute approximate surface area is 82.2 Å². The lowest BCUT2D eigenvalue weighted by Gasteiger charge is -1.95. The number of rotatable bonds is 9. The van der Waals surface area contributed by atoms with Crippen molar-refractivity contribution >= 4 is 0 Å². The molecule has 0 radical (unpaired) electrons. The van der Waals surface area contributed by atoms with E-state index in [0.29, 0.717) is 6.61 Å². The molecule has 0 atom stereocenters. The second kappa shape index (κ2) is 11.4. The summed E-state index contributed by atoms with van der Waals surface area (Å²) in [7, 11) is 0. The number of aliphatic hydroxyl groups is 1. The van der Waals surface area contributed by atoms with Gasteiger partial charge >= 0.3 is 0 Å². The molecule has 0 heterocycles. The van der Waals surface area contributed by atoms with Gasteiger partial charge in [-0.2, -0.15) is 0 Å². The van der Waals surface area contributed by atoms with Gasteiger partial charge in [0.15, 0.2) is 0 Å². The molecular weight excluding hydrogens is 160 g/mol. The van der Waals surface area contributed by atoms with E-state index >= 15 is 0 Å². The zero-order chi connectivity index (χ0) is 9.78. The maximum absolute atomic E-state index is 8.54. The Kier molecular flexibility index (Phi) is 10.9. The summed E-state index contributed by atoms with van der Waals surface area (Å²) in [6, 6.07) is 0. The third-order valence-corrected chi connectivity index (χ3v) is 1.98. The van der Waals surface area contributed by atoms with Gasteiger partial charge in [0, 0.05) is 6.61 Å². The Balaban J connectivity index is 2.97. The molecule has 1 nitrogen and oxygen atoms in total. The molecule has 76 valence electrons. The van der Waals surface area contributed by atoms with Crippen LogP contribution in [0.1, 0.15) is 44.9 Å². The third kappa shape index (κ3) is 11.4. The van der Waals surface area contributed by atoms with E-state index in [9.17, 15) is 0 Å². The smallest absolute Gasteiger partial charge is 0.0431 e. The van der Waals surface area contributed by atoms with E-state index in [2.05, 4.69) is 18.7 Å². The van der Waals surface area contributed by atoms with E-state index < -0.39 is 0 Å². The summed E-state index contributed by atoms with van der Waals surface area (Å²) in [6.45, 7) is 4.01. The molecule has 0 aromatic carbocycles. The van der Waals surface area contributed by atoms with E-state index in [1.165, 1.54) is 19.3 Å². The van der Waals surface area contributed by atoms with Crippen LogP contribution in [0.3, 0.4) is 0 Å². The molecule has 0 aromatic rings. The molecule has 0 aromatic heterocycles. The molecule has 13 heavy (non-hydrogen) atoms. The highest BCUT2D eigenvalue weighted by Crippen LogP contribution is 2.03. The van der Waals surface area contributed by atoms with Crippen LogP contribution < -0.4 is 0 Å². The zero-order valence-electron chi connectivity index (χ0n) is 8.54. The number of hydrogen-bond donors (Lipinski definition) is 1. The quantitative estimate of drug-likeness (QED) is 0.428. The van der Waals surface area contributed by atoms with E-state index in [4.69, 9.17) is 5.11 Å². The zero-order valence-corrected chi connectivity index (χ0v) is 8.54. The van der Waals surface area contributed by atoms with Crippen molar-refractivity contribution in [3.05, 3.63) is 24.8 Å². The molecule has 0 aliphatic heterocycles. The van der Waals surface area contributed by atoms with Crippen LogP contribution in [-0.4, -0.2) is 11.7 Å². The van der Waals surface area contributed by atoms with E-state index in [0.717, 1.165) is 25.7 Å². The van der Waals surface area contributed by atoms with E-state index in [-0.39, 0.29) is 0 Å². The Morgan fingerprint density at radius 2 is 1.54 bits per heavy atom. The summed E-state index contributed by atoms with van der Waals surface area (Å²) >= 11 is 0. The summed E-state index contributed by atoms with van der Waals surface area (Å²) < 4.78 is 0. The molecule has 0 unspecified atom stereocenters. The van der Waals surface area contributed by atoms with Crippen molar-refractivity contribution in [2.75, 3.05) is 6.61 Å². The normalized spacial score (nSPS) is 10.8. The summed E-state index contributed by atoms with van der Waals surface area (Å²) in [4.78, 5) is 0. The van der Waals surface area contributed by atoms with Gasteiger partial charge in [-0.3, -0.25) is 0 Å². The van der Waals surface area contributed by atoms with Crippen LogP contribution in [0, 0.1) is 0 Å². The molecule has 0 spiro atoms. The first-order valence-electron chi connectivity index (χ1n) is 5.28. The first-order chi connectivity index (χ1) is 6.41. The van der Waals surface area contributed by atoms with Crippen LogP contribution in [0.25, 0.3) is 0 Å². The van der Waals surface area contributed by atoms with Gasteiger partial charge in [-0.25, -0.2) is 0 Å². The van der Waals surface area contributed by atoms with Crippen molar-refractivity contribution in [3.8, 4) is 0 Å². The molecule has 1 heteroatoms. The Morgan fingerprint density at radius 1 is 0.846 bits per heavy atom. The highest BCUT2D eigenvalue weighted by Gasteiger charge is 1.86. The minimum atomic E-state index is 0.342. The Bertz CT molecular complexity index is 127. The van der Waals surface area contributed by atoms with Gasteiger partial charge in [-0.1, -0.05) is 31.1 Å². The van der Waals surface area contributed by atoms with Crippen LogP contribution in [0.5, 0.6) is 0 Å². The summed E-state index contributed by atoms with van der Waals surface area (Å²) in [5.74, 6) is 0. The molecule has 0 bridgehead atoms. The molecule has 0 saturated heterocycles. The fourth-order valence-corrected chi connectivity index (χ4v) is 1.18. The third-order valence-electron chi connectivity index (χ3n) is 1.98. The predicted molar refractivity (Wildman–Crippen MR) is 58.7 cm³/mol. The van der Waals surface area contributed by atoms with Crippen LogP contribution in [0.2, 0.25) is 0 Å².